The summed E-state index contributed by atoms with van der Waals surface area (Å²) < 4.78 is 38.0. The smallest absolute Gasteiger partial charge is 0.339 e. The van der Waals surface area contributed by atoms with Crippen molar-refractivity contribution in [2.75, 3.05) is 39.9 Å². The molecule has 2 aliphatic rings. The van der Waals surface area contributed by atoms with Gasteiger partial charge in [0.15, 0.2) is 0 Å². The zero-order chi connectivity index (χ0) is 21.7. The zero-order valence-electron chi connectivity index (χ0n) is 17.6. The Morgan fingerprint density at radius 3 is 2.47 bits per heavy atom. The van der Waals surface area contributed by atoms with Crippen LogP contribution < -0.4 is 0 Å². The summed E-state index contributed by atoms with van der Waals surface area (Å²) in [6.07, 6.45) is 2.91. The number of piperidine rings is 2. The number of carbonyl (C=O) groups excluding carboxylic acids is 2. The summed E-state index contributed by atoms with van der Waals surface area (Å²) in [6.45, 7) is 4.42. The molecule has 1 unspecified atom stereocenters. The molecule has 0 saturated carbocycles. The van der Waals surface area contributed by atoms with Gasteiger partial charge in [0.2, 0.25) is 15.9 Å². The van der Waals surface area contributed by atoms with Crippen molar-refractivity contribution in [1.82, 2.24) is 9.21 Å². The number of hydrogen-bond donors (Lipinski definition) is 0. The molecule has 1 atom stereocenters. The van der Waals surface area contributed by atoms with Crippen LogP contribution in [0.4, 0.5) is 0 Å². The number of amides is 1. The molecule has 9 heteroatoms. The number of ether oxygens (including phenoxy) is 2. The third kappa shape index (κ3) is 4.84. The van der Waals surface area contributed by atoms with E-state index in [0.29, 0.717) is 26.0 Å². The van der Waals surface area contributed by atoms with E-state index in [1.165, 1.54) is 23.5 Å². The summed E-state index contributed by atoms with van der Waals surface area (Å²) in [5, 5.41) is 0. The Bertz CT molecular complexity index is 862. The van der Waals surface area contributed by atoms with E-state index in [1.54, 1.807) is 12.1 Å². The van der Waals surface area contributed by atoms with Crippen LogP contribution in [0.1, 0.15) is 43.0 Å². The van der Waals surface area contributed by atoms with E-state index >= 15 is 0 Å². The Morgan fingerprint density at radius 1 is 1.10 bits per heavy atom. The molecule has 2 fully saturated rings. The molecule has 0 radical (unpaired) electrons. The lowest BCUT2D eigenvalue weighted by molar-refractivity contribution is -0.140. The van der Waals surface area contributed by atoms with Crippen molar-refractivity contribution in [3.8, 4) is 0 Å². The second kappa shape index (κ2) is 9.89. The van der Waals surface area contributed by atoms with E-state index in [9.17, 15) is 18.0 Å². The summed E-state index contributed by atoms with van der Waals surface area (Å²) >= 11 is 0. The van der Waals surface area contributed by atoms with Crippen LogP contribution in [-0.2, 0) is 24.3 Å². The molecule has 2 aliphatic heterocycles. The number of hydrogen-bond acceptors (Lipinski definition) is 6. The fourth-order valence-electron chi connectivity index (χ4n) is 4.22. The quantitative estimate of drug-likeness (QED) is 0.630. The standard InChI is InChI=1S/C21H30N2O6S/c1-3-29-17-7-6-12-22(15-17)20(24)16-10-13-23(14-11-16)30(26,27)19-9-5-4-8-18(19)21(25)28-2/h4-5,8-9,16-17H,3,6-7,10-15H2,1-2H3. The van der Waals surface area contributed by atoms with Crippen molar-refractivity contribution in [2.45, 2.75) is 43.6 Å². The van der Waals surface area contributed by atoms with Crippen LogP contribution in [0.2, 0.25) is 0 Å². The van der Waals surface area contributed by atoms with Crippen LogP contribution >= 0.6 is 0 Å². The Kier molecular flexibility index (Phi) is 7.49. The van der Waals surface area contributed by atoms with E-state index in [4.69, 9.17) is 9.47 Å². The molecule has 0 N–H and O–H groups in total. The molecule has 166 valence electrons. The van der Waals surface area contributed by atoms with E-state index < -0.39 is 16.0 Å². The minimum absolute atomic E-state index is 0.0217. The lowest BCUT2D eigenvalue weighted by Crippen LogP contribution is -2.48. The maximum absolute atomic E-state index is 13.1. The first-order valence-electron chi connectivity index (χ1n) is 10.5. The molecule has 2 heterocycles. The summed E-state index contributed by atoms with van der Waals surface area (Å²) in [4.78, 5) is 26.7. The summed E-state index contributed by atoms with van der Waals surface area (Å²) in [7, 11) is -2.63. The molecule has 0 aliphatic carbocycles. The van der Waals surface area contributed by atoms with E-state index in [2.05, 4.69) is 0 Å². The van der Waals surface area contributed by atoms with Crippen LogP contribution in [0, 0.1) is 5.92 Å². The monoisotopic (exact) mass is 438 g/mol. The van der Waals surface area contributed by atoms with E-state index in [0.717, 1.165) is 19.4 Å². The van der Waals surface area contributed by atoms with Crippen molar-refractivity contribution in [3.63, 3.8) is 0 Å². The molecule has 0 aromatic heterocycles. The lowest BCUT2D eigenvalue weighted by atomic mass is 9.95. The van der Waals surface area contributed by atoms with Gasteiger partial charge in [-0.15, -0.1) is 0 Å². The Morgan fingerprint density at radius 2 is 1.80 bits per heavy atom. The van der Waals surface area contributed by atoms with E-state index in [1.807, 2.05) is 11.8 Å². The average Bonchev–Trinajstić information content (AvgIpc) is 2.78. The number of carbonyl (C=O) groups is 2. The molecule has 8 nitrogen and oxygen atoms in total. The van der Waals surface area contributed by atoms with Crippen molar-refractivity contribution in [3.05, 3.63) is 29.8 Å². The largest absolute Gasteiger partial charge is 0.465 e. The molecule has 1 amide bonds. The second-order valence-electron chi connectivity index (χ2n) is 7.67. The highest BCUT2D eigenvalue weighted by Gasteiger charge is 2.36. The summed E-state index contributed by atoms with van der Waals surface area (Å²) in [5.41, 5.74) is 0.0217. The number of methoxy groups -OCH3 is 1. The minimum atomic E-state index is -3.85. The van der Waals surface area contributed by atoms with Gasteiger partial charge in [-0.2, -0.15) is 4.31 Å². The van der Waals surface area contributed by atoms with Gasteiger partial charge in [0.1, 0.15) is 0 Å². The molecular formula is C21H30N2O6S. The van der Waals surface area contributed by atoms with Crippen molar-refractivity contribution >= 4 is 21.9 Å². The third-order valence-corrected chi connectivity index (χ3v) is 7.76. The maximum Gasteiger partial charge on any atom is 0.339 e. The molecule has 1 aromatic rings. The van der Waals surface area contributed by atoms with Gasteiger partial charge in [-0.25, -0.2) is 13.2 Å². The third-order valence-electron chi connectivity index (χ3n) is 5.81. The predicted molar refractivity (Wildman–Crippen MR) is 110 cm³/mol. The molecule has 0 spiro atoms. The molecule has 1 aromatic carbocycles. The van der Waals surface area contributed by atoms with Gasteiger partial charge in [0.25, 0.3) is 0 Å². The summed E-state index contributed by atoms with van der Waals surface area (Å²) in [5.74, 6) is -0.785. The van der Waals surface area contributed by atoms with Gasteiger partial charge in [-0.05, 0) is 44.7 Å². The minimum Gasteiger partial charge on any atom is -0.465 e. The van der Waals surface area contributed by atoms with Gasteiger partial charge in [0.05, 0.1) is 23.7 Å². The van der Waals surface area contributed by atoms with Crippen LogP contribution in [-0.4, -0.2) is 75.5 Å². The molecular weight excluding hydrogens is 408 g/mol. The van der Waals surface area contributed by atoms with Crippen molar-refractivity contribution < 1.29 is 27.5 Å². The highest BCUT2D eigenvalue weighted by atomic mass is 32.2. The number of nitrogens with zero attached hydrogens (tertiary/aromatic N) is 2. The Labute approximate surface area is 178 Å². The normalized spacial score (nSPS) is 21.4. The molecule has 3 rings (SSSR count). The fourth-order valence-corrected chi connectivity index (χ4v) is 5.87. The topological polar surface area (TPSA) is 93.2 Å². The number of rotatable bonds is 6. The van der Waals surface area contributed by atoms with Gasteiger partial charge in [-0.1, -0.05) is 12.1 Å². The van der Waals surface area contributed by atoms with E-state index in [-0.39, 0.29) is 41.5 Å². The average molecular weight is 439 g/mol. The Balaban J connectivity index is 1.65. The molecule has 0 bridgehead atoms. The molecule has 2 saturated heterocycles. The van der Waals surface area contributed by atoms with Crippen LogP contribution in [0.5, 0.6) is 0 Å². The number of esters is 1. The van der Waals surface area contributed by atoms with Crippen LogP contribution in [0.3, 0.4) is 0 Å². The van der Waals surface area contributed by atoms with Gasteiger partial charge in [-0.3, -0.25) is 4.79 Å². The highest BCUT2D eigenvalue weighted by molar-refractivity contribution is 7.89. The number of sulfonamides is 1. The van der Waals surface area contributed by atoms with Gasteiger partial charge >= 0.3 is 5.97 Å². The summed E-state index contributed by atoms with van der Waals surface area (Å²) in [6, 6.07) is 6.05. The fraction of sp³-hybridized carbons (Fsp3) is 0.619. The number of likely N-dealkylation sites (tertiary alicyclic amines) is 1. The Hall–Kier alpha value is -1.97. The van der Waals surface area contributed by atoms with Crippen LogP contribution in [0.25, 0.3) is 0 Å². The first kappa shape index (κ1) is 22.7. The number of benzene rings is 1. The van der Waals surface area contributed by atoms with Crippen molar-refractivity contribution in [2.24, 2.45) is 5.92 Å². The predicted octanol–water partition coefficient (Wildman–Crippen LogP) is 1.90. The van der Waals surface area contributed by atoms with Gasteiger partial charge < -0.3 is 14.4 Å². The SMILES string of the molecule is CCOC1CCCN(C(=O)C2CCN(S(=O)(=O)c3ccccc3C(=O)OC)CC2)C1. The lowest BCUT2D eigenvalue weighted by Gasteiger charge is -2.37. The zero-order valence-corrected chi connectivity index (χ0v) is 18.4. The highest BCUT2D eigenvalue weighted by Crippen LogP contribution is 2.28. The van der Waals surface area contributed by atoms with Crippen molar-refractivity contribution in [1.29, 1.82) is 0 Å². The van der Waals surface area contributed by atoms with Gasteiger partial charge in [0, 0.05) is 38.7 Å². The first-order valence-corrected chi connectivity index (χ1v) is 11.9. The van der Waals surface area contributed by atoms with Crippen LogP contribution in [0.15, 0.2) is 29.2 Å². The molecule has 30 heavy (non-hydrogen) atoms. The second-order valence-corrected chi connectivity index (χ2v) is 9.58. The first-order chi connectivity index (χ1) is 14.4. The maximum atomic E-state index is 13.1.